The summed E-state index contributed by atoms with van der Waals surface area (Å²) >= 11 is 3.27. The lowest BCUT2D eigenvalue weighted by Gasteiger charge is -2.16. The van der Waals surface area contributed by atoms with Gasteiger partial charge in [-0.1, -0.05) is 22.0 Å². The van der Waals surface area contributed by atoms with Crippen LogP contribution in [0.4, 0.5) is 5.69 Å². The Kier molecular flexibility index (Phi) is 4.65. The average Bonchev–Trinajstić information content (AvgIpc) is 2.43. The molecule has 112 valence electrons. The van der Waals surface area contributed by atoms with Gasteiger partial charge in [-0.05, 0) is 43.7 Å². The lowest BCUT2D eigenvalue weighted by molar-refractivity contribution is 0.563. The summed E-state index contributed by atoms with van der Waals surface area (Å²) in [4.78, 5) is 4.32. The fourth-order valence-corrected chi connectivity index (χ4v) is 4.09. The van der Waals surface area contributed by atoms with E-state index in [1.165, 1.54) is 0 Å². The first-order chi connectivity index (χ1) is 9.81. The number of hydrogen-bond donors (Lipinski definition) is 2. The maximum absolute atomic E-state index is 12.5. The minimum absolute atomic E-state index is 0.164. The summed E-state index contributed by atoms with van der Waals surface area (Å²) < 4.78 is 28.3. The maximum Gasteiger partial charge on any atom is 0.241 e. The van der Waals surface area contributed by atoms with Gasteiger partial charge >= 0.3 is 0 Å². The van der Waals surface area contributed by atoms with E-state index in [-0.39, 0.29) is 4.90 Å². The SMILES string of the molecule is Cc1c(N)cc(Br)cc1S(=O)(=O)NC(C)c1ccccn1. The second-order valence-electron chi connectivity index (χ2n) is 4.72. The third-order valence-corrected chi connectivity index (χ3v) is 5.24. The van der Waals surface area contributed by atoms with Crippen LogP contribution >= 0.6 is 15.9 Å². The summed E-state index contributed by atoms with van der Waals surface area (Å²) in [5, 5.41) is 0. The Labute approximate surface area is 132 Å². The van der Waals surface area contributed by atoms with Crippen molar-refractivity contribution in [1.82, 2.24) is 9.71 Å². The largest absolute Gasteiger partial charge is 0.398 e. The molecule has 5 nitrogen and oxygen atoms in total. The van der Waals surface area contributed by atoms with Crippen molar-refractivity contribution < 1.29 is 8.42 Å². The summed E-state index contributed by atoms with van der Waals surface area (Å²) in [6.45, 7) is 3.43. The van der Waals surface area contributed by atoms with Crippen LogP contribution in [0.3, 0.4) is 0 Å². The molecule has 1 aromatic carbocycles. The molecule has 0 amide bonds. The number of aromatic nitrogens is 1. The van der Waals surface area contributed by atoms with Gasteiger partial charge in [0.25, 0.3) is 0 Å². The fourth-order valence-electron chi connectivity index (χ4n) is 1.94. The molecule has 0 aliphatic rings. The molecule has 1 heterocycles. The molecule has 0 fully saturated rings. The minimum Gasteiger partial charge on any atom is -0.398 e. The molecule has 0 radical (unpaired) electrons. The molecule has 1 aromatic heterocycles. The van der Waals surface area contributed by atoms with E-state index in [1.807, 2.05) is 6.07 Å². The number of sulfonamides is 1. The van der Waals surface area contributed by atoms with Gasteiger partial charge in [-0.2, -0.15) is 0 Å². The number of nitrogens with one attached hydrogen (secondary N) is 1. The van der Waals surface area contributed by atoms with Crippen molar-refractivity contribution in [3.8, 4) is 0 Å². The van der Waals surface area contributed by atoms with Crippen LogP contribution < -0.4 is 10.5 Å². The highest BCUT2D eigenvalue weighted by Crippen LogP contribution is 2.27. The van der Waals surface area contributed by atoms with Gasteiger partial charge in [0.05, 0.1) is 16.6 Å². The van der Waals surface area contributed by atoms with Crippen molar-refractivity contribution in [2.45, 2.75) is 24.8 Å². The summed E-state index contributed by atoms with van der Waals surface area (Å²) in [7, 11) is -3.68. The van der Waals surface area contributed by atoms with Gasteiger partial charge in [-0.25, -0.2) is 13.1 Å². The summed E-state index contributed by atoms with van der Waals surface area (Å²) in [5.41, 5.74) is 7.43. The second-order valence-corrected chi connectivity index (χ2v) is 7.31. The Balaban J connectivity index is 2.35. The molecule has 0 saturated carbocycles. The highest BCUT2D eigenvalue weighted by Gasteiger charge is 2.22. The molecule has 0 aliphatic heterocycles. The van der Waals surface area contributed by atoms with Gasteiger partial charge in [-0.3, -0.25) is 4.98 Å². The van der Waals surface area contributed by atoms with Gasteiger partial charge in [0, 0.05) is 16.4 Å². The Bertz CT molecular complexity index is 748. The molecule has 0 spiro atoms. The van der Waals surface area contributed by atoms with Gasteiger partial charge in [-0.15, -0.1) is 0 Å². The molecule has 0 saturated heterocycles. The molecule has 21 heavy (non-hydrogen) atoms. The Hall–Kier alpha value is -1.44. The average molecular weight is 370 g/mol. The van der Waals surface area contributed by atoms with Crippen molar-refractivity contribution in [2.75, 3.05) is 5.73 Å². The van der Waals surface area contributed by atoms with Crippen LogP contribution in [0.25, 0.3) is 0 Å². The zero-order chi connectivity index (χ0) is 15.6. The van der Waals surface area contributed by atoms with Crippen molar-refractivity contribution in [1.29, 1.82) is 0 Å². The van der Waals surface area contributed by atoms with Crippen LogP contribution in [0.1, 0.15) is 24.2 Å². The third-order valence-electron chi connectivity index (χ3n) is 3.12. The summed E-state index contributed by atoms with van der Waals surface area (Å²) in [6.07, 6.45) is 1.63. The number of anilines is 1. The number of benzene rings is 1. The van der Waals surface area contributed by atoms with E-state index in [2.05, 4.69) is 25.6 Å². The second kappa shape index (κ2) is 6.13. The highest BCUT2D eigenvalue weighted by atomic mass is 79.9. The number of pyridine rings is 1. The first kappa shape index (κ1) is 15.9. The number of nitrogens with two attached hydrogens (primary N) is 1. The molecule has 0 aliphatic carbocycles. The van der Waals surface area contributed by atoms with Crippen LogP contribution in [-0.2, 0) is 10.0 Å². The van der Waals surface area contributed by atoms with Crippen molar-refractivity contribution >= 4 is 31.6 Å². The van der Waals surface area contributed by atoms with Gasteiger partial charge in [0.15, 0.2) is 0 Å². The molecule has 3 N–H and O–H groups in total. The van der Waals surface area contributed by atoms with E-state index in [0.717, 1.165) is 0 Å². The standard InChI is InChI=1S/C14H16BrN3O2S/c1-9-12(16)7-11(15)8-14(9)21(19,20)18-10(2)13-5-3-4-6-17-13/h3-8,10,18H,16H2,1-2H3. The molecule has 2 aromatic rings. The van der Waals surface area contributed by atoms with Gasteiger partial charge in [0.2, 0.25) is 10.0 Å². The Morgan fingerprint density at radius 1 is 1.33 bits per heavy atom. The quantitative estimate of drug-likeness (QED) is 0.811. The number of rotatable bonds is 4. The lowest BCUT2D eigenvalue weighted by atomic mass is 10.2. The van der Waals surface area contributed by atoms with Crippen LogP contribution in [0.15, 0.2) is 45.9 Å². The van der Waals surface area contributed by atoms with Crippen LogP contribution in [0.5, 0.6) is 0 Å². The van der Waals surface area contributed by atoms with Crippen LogP contribution in [-0.4, -0.2) is 13.4 Å². The number of hydrogen-bond acceptors (Lipinski definition) is 4. The smallest absolute Gasteiger partial charge is 0.241 e. The van der Waals surface area contributed by atoms with Crippen LogP contribution in [0, 0.1) is 6.92 Å². The maximum atomic E-state index is 12.5. The first-order valence-corrected chi connectivity index (χ1v) is 8.58. The zero-order valence-corrected chi connectivity index (χ0v) is 14.1. The number of halogens is 1. The summed E-state index contributed by atoms with van der Waals surface area (Å²) in [5.74, 6) is 0. The molecule has 1 atom stereocenters. The molecular formula is C14H16BrN3O2S. The minimum atomic E-state index is -3.68. The Morgan fingerprint density at radius 2 is 2.05 bits per heavy atom. The monoisotopic (exact) mass is 369 g/mol. The predicted molar refractivity (Wildman–Crippen MR) is 86.3 cm³/mol. The topological polar surface area (TPSA) is 85.1 Å². The van der Waals surface area contributed by atoms with Crippen molar-refractivity contribution in [2.24, 2.45) is 0 Å². The van der Waals surface area contributed by atoms with E-state index in [1.54, 1.807) is 44.3 Å². The highest BCUT2D eigenvalue weighted by molar-refractivity contribution is 9.10. The van der Waals surface area contributed by atoms with Crippen molar-refractivity contribution in [3.05, 3.63) is 52.3 Å². The lowest BCUT2D eigenvalue weighted by Crippen LogP contribution is -2.28. The number of nitrogens with zero attached hydrogens (tertiary/aromatic N) is 1. The fraction of sp³-hybridized carbons (Fsp3) is 0.214. The van der Waals surface area contributed by atoms with Gasteiger partial charge in [0.1, 0.15) is 0 Å². The van der Waals surface area contributed by atoms with Crippen molar-refractivity contribution in [3.63, 3.8) is 0 Å². The molecule has 1 unspecified atom stereocenters. The van der Waals surface area contributed by atoms with E-state index in [0.29, 0.717) is 21.4 Å². The van der Waals surface area contributed by atoms with E-state index >= 15 is 0 Å². The first-order valence-electron chi connectivity index (χ1n) is 6.30. The van der Waals surface area contributed by atoms with E-state index < -0.39 is 16.1 Å². The summed E-state index contributed by atoms with van der Waals surface area (Å²) in [6, 6.07) is 8.15. The zero-order valence-electron chi connectivity index (χ0n) is 11.7. The van der Waals surface area contributed by atoms with Gasteiger partial charge < -0.3 is 5.73 Å². The van der Waals surface area contributed by atoms with E-state index in [4.69, 9.17) is 5.73 Å². The molecular weight excluding hydrogens is 354 g/mol. The van der Waals surface area contributed by atoms with Crippen LogP contribution in [0.2, 0.25) is 0 Å². The third kappa shape index (κ3) is 3.61. The Morgan fingerprint density at radius 3 is 2.67 bits per heavy atom. The molecule has 0 bridgehead atoms. The van der Waals surface area contributed by atoms with E-state index in [9.17, 15) is 8.42 Å². The predicted octanol–water partition coefficient (Wildman–Crippen LogP) is 2.77. The normalized spacial score (nSPS) is 13.1. The molecule has 2 rings (SSSR count). The number of nitrogen functional groups attached to an aromatic ring is 1. The molecule has 7 heteroatoms.